The maximum Gasteiger partial charge on any atom is 0.339 e. The molecule has 122 valence electrons. The van der Waals surface area contributed by atoms with Crippen LogP contribution in [0.15, 0.2) is 36.4 Å². The van der Waals surface area contributed by atoms with Gasteiger partial charge in [0.1, 0.15) is 5.56 Å². The molecular formula is C17H12FNO5. The molecule has 7 heteroatoms. The summed E-state index contributed by atoms with van der Waals surface area (Å²) in [6.45, 7) is -0.338. The third-order valence-electron chi connectivity index (χ3n) is 3.83. The van der Waals surface area contributed by atoms with E-state index in [1.54, 1.807) is 12.1 Å². The lowest BCUT2D eigenvalue weighted by molar-refractivity contribution is 0.0625. The van der Waals surface area contributed by atoms with E-state index in [4.69, 9.17) is 4.74 Å². The molecule has 6 nitrogen and oxygen atoms in total. The molecule has 0 aromatic heterocycles. The first kappa shape index (κ1) is 15.7. The normalized spacial score (nSPS) is 13.2. The molecule has 0 bridgehead atoms. The fraction of sp³-hybridized carbons (Fsp3) is 0.118. The van der Waals surface area contributed by atoms with Gasteiger partial charge in [-0.2, -0.15) is 0 Å². The second-order valence-corrected chi connectivity index (χ2v) is 5.16. The summed E-state index contributed by atoms with van der Waals surface area (Å²) in [6.07, 6.45) is 0. The van der Waals surface area contributed by atoms with Gasteiger partial charge in [0, 0.05) is 0 Å². The Morgan fingerprint density at radius 1 is 1.12 bits per heavy atom. The van der Waals surface area contributed by atoms with E-state index >= 15 is 0 Å². The van der Waals surface area contributed by atoms with Gasteiger partial charge in [0.2, 0.25) is 0 Å². The molecule has 2 amide bonds. The molecule has 1 aliphatic rings. The van der Waals surface area contributed by atoms with Crippen LogP contribution in [-0.2, 0) is 6.54 Å². The summed E-state index contributed by atoms with van der Waals surface area (Å²) in [4.78, 5) is 37.0. The highest BCUT2D eigenvalue weighted by atomic mass is 19.1. The zero-order chi connectivity index (χ0) is 17.4. The van der Waals surface area contributed by atoms with Crippen LogP contribution in [0.5, 0.6) is 5.75 Å². The number of amides is 2. The van der Waals surface area contributed by atoms with Crippen LogP contribution in [0.25, 0.3) is 0 Å². The Morgan fingerprint density at radius 3 is 2.21 bits per heavy atom. The number of hydrogen-bond acceptors (Lipinski definition) is 4. The van der Waals surface area contributed by atoms with Gasteiger partial charge in [0.15, 0.2) is 11.6 Å². The number of carbonyl (C=O) groups excluding carboxylic acids is 2. The van der Waals surface area contributed by atoms with Crippen molar-refractivity contribution in [1.82, 2.24) is 4.90 Å². The van der Waals surface area contributed by atoms with E-state index < -0.39 is 29.2 Å². The highest BCUT2D eigenvalue weighted by Crippen LogP contribution is 2.28. The molecule has 24 heavy (non-hydrogen) atoms. The number of halogens is 1. The number of rotatable bonds is 4. The SMILES string of the molecule is COc1ccc(CN2C(=O)c3ccccc3C2=O)c(C(=O)O)c1F. The van der Waals surface area contributed by atoms with E-state index in [-0.39, 0.29) is 29.0 Å². The molecule has 2 aromatic rings. The maximum absolute atomic E-state index is 14.2. The van der Waals surface area contributed by atoms with Gasteiger partial charge < -0.3 is 9.84 Å². The molecule has 3 rings (SSSR count). The monoisotopic (exact) mass is 329 g/mol. The minimum atomic E-state index is -1.50. The number of carbonyl (C=O) groups is 3. The van der Waals surface area contributed by atoms with Crippen LogP contribution < -0.4 is 4.74 Å². The van der Waals surface area contributed by atoms with Crippen molar-refractivity contribution < 1.29 is 28.6 Å². The molecule has 0 saturated carbocycles. The lowest BCUT2D eigenvalue weighted by Crippen LogP contribution is -2.30. The number of imide groups is 1. The number of carboxylic acids is 1. The zero-order valence-corrected chi connectivity index (χ0v) is 12.6. The summed E-state index contributed by atoms with van der Waals surface area (Å²) in [5, 5.41) is 9.26. The fourth-order valence-electron chi connectivity index (χ4n) is 2.67. The second kappa shape index (κ2) is 5.77. The summed E-state index contributed by atoms with van der Waals surface area (Å²) in [6, 6.07) is 8.88. The molecule has 0 aliphatic carbocycles. The molecule has 1 aliphatic heterocycles. The summed E-state index contributed by atoms with van der Waals surface area (Å²) in [5.74, 6) is -3.85. The lowest BCUT2D eigenvalue weighted by atomic mass is 10.1. The van der Waals surface area contributed by atoms with Gasteiger partial charge in [0.05, 0.1) is 24.8 Å². The number of aromatic carboxylic acids is 1. The Hall–Kier alpha value is -3.22. The molecule has 0 fully saturated rings. The van der Waals surface area contributed by atoms with Crippen molar-refractivity contribution in [3.63, 3.8) is 0 Å². The van der Waals surface area contributed by atoms with Crippen LogP contribution in [0.3, 0.4) is 0 Å². The summed E-state index contributed by atoms with van der Waals surface area (Å²) in [7, 11) is 1.22. The molecular weight excluding hydrogens is 317 g/mol. The molecule has 0 saturated heterocycles. The molecule has 1 heterocycles. The van der Waals surface area contributed by atoms with Gasteiger partial charge in [-0.3, -0.25) is 14.5 Å². The first-order valence-corrected chi connectivity index (χ1v) is 6.99. The highest BCUT2D eigenvalue weighted by molar-refractivity contribution is 6.21. The van der Waals surface area contributed by atoms with Crippen LogP contribution in [0, 0.1) is 5.82 Å². The van der Waals surface area contributed by atoms with Crippen molar-refractivity contribution in [2.45, 2.75) is 6.54 Å². The van der Waals surface area contributed by atoms with Crippen molar-refractivity contribution in [2.24, 2.45) is 0 Å². The van der Waals surface area contributed by atoms with E-state index in [0.29, 0.717) is 0 Å². The zero-order valence-electron chi connectivity index (χ0n) is 12.6. The number of hydrogen-bond donors (Lipinski definition) is 1. The third-order valence-corrected chi connectivity index (χ3v) is 3.83. The molecule has 1 N–H and O–H groups in total. The van der Waals surface area contributed by atoms with Gasteiger partial charge in [-0.15, -0.1) is 0 Å². The summed E-state index contributed by atoms with van der Waals surface area (Å²) in [5.41, 5.74) is -0.122. The van der Waals surface area contributed by atoms with Gasteiger partial charge in [-0.05, 0) is 23.8 Å². The topological polar surface area (TPSA) is 83.9 Å². The predicted octanol–water partition coefficient (Wildman–Crippen LogP) is 2.33. The van der Waals surface area contributed by atoms with Crippen molar-refractivity contribution in [3.05, 3.63) is 64.5 Å². The van der Waals surface area contributed by atoms with Crippen LogP contribution in [0.2, 0.25) is 0 Å². The Morgan fingerprint density at radius 2 is 1.71 bits per heavy atom. The van der Waals surface area contributed by atoms with Crippen LogP contribution >= 0.6 is 0 Å². The summed E-state index contributed by atoms with van der Waals surface area (Å²) >= 11 is 0. The van der Waals surface area contributed by atoms with Crippen LogP contribution in [-0.4, -0.2) is 34.9 Å². The van der Waals surface area contributed by atoms with E-state index in [1.807, 2.05) is 0 Å². The van der Waals surface area contributed by atoms with Crippen LogP contribution in [0.1, 0.15) is 36.6 Å². The van der Waals surface area contributed by atoms with E-state index in [9.17, 15) is 23.9 Å². The molecule has 0 unspecified atom stereocenters. The largest absolute Gasteiger partial charge is 0.494 e. The van der Waals surface area contributed by atoms with E-state index in [2.05, 4.69) is 0 Å². The predicted molar refractivity (Wildman–Crippen MR) is 80.6 cm³/mol. The number of ether oxygens (including phenoxy) is 1. The number of benzene rings is 2. The first-order chi connectivity index (χ1) is 11.5. The fourth-order valence-corrected chi connectivity index (χ4v) is 2.67. The van der Waals surface area contributed by atoms with Gasteiger partial charge in [-0.1, -0.05) is 18.2 Å². The molecule has 0 radical (unpaired) electrons. The Bertz CT molecular complexity index is 842. The molecule has 2 aromatic carbocycles. The first-order valence-electron chi connectivity index (χ1n) is 6.99. The molecule has 0 spiro atoms. The van der Waals surface area contributed by atoms with E-state index in [1.165, 1.54) is 31.4 Å². The lowest BCUT2D eigenvalue weighted by Gasteiger charge is -2.16. The van der Waals surface area contributed by atoms with Gasteiger partial charge in [0.25, 0.3) is 11.8 Å². The quantitative estimate of drug-likeness (QED) is 0.870. The number of nitrogens with zero attached hydrogens (tertiary/aromatic N) is 1. The standard InChI is InChI=1S/C17H12FNO5/c1-24-12-7-6-9(13(14(12)18)17(22)23)8-19-15(20)10-4-2-3-5-11(10)16(19)21/h2-7H,8H2,1H3,(H,22,23). The Labute approximate surface area is 136 Å². The number of methoxy groups -OCH3 is 1. The van der Waals surface area contributed by atoms with Crippen molar-refractivity contribution in [1.29, 1.82) is 0 Å². The maximum atomic E-state index is 14.2. The van der Waals surface area contributed by atoms with Crippen LogP contribution in [0.4, 0.5) is 4.39 Å². The Kier molecular flexibility index (Phi) is 3.76. The highest BCUT2D eigenvalue weighted by Gasteiger charge is 2.36. The summed E-state index contributed by atoms with van der Waals surface area (Å²) < 4.78 is 19.0. The number of carboxylic acid groups (broad SMARTS) is 1. The van der Waals surface area contributed by atoms with Gasteiger partial charge >= 0.3 is 5.97 Å². The number of fused-ring (bicyclic) bond motifs is 1. The average molecular weight is 329 g/mol. The average Bonchev–Trinajstić information content (AvgIpc) is 2.80. The van der Waals surface area contributed by atoms with Crippen molar-refractivity contribution >= 4 is 17.8 Å². The minimum absolute atomic E-state index is 0.00954. The minimum Gasteiger partial charge on any atom is -0.494 e. The van der Waals surface area contributed by atoms with Gasteiger partial charge in [-0.25, -0.2) is 9.18 Å². The van der Waals surface area contributed by atoms with Crippen molar-refractivity contribution in [3.8, 4) is 5.75 Å². The molecule has 0 atom stereocenters. The third kappa shape index (κ3) is 2.30. The van der Waals surface area contributed by atoms with E-state index in [0.717, 1.165) is 4.90 Å². The smallest absolute Gasteiger partial charge is 0.339 e. The van der Waals surface area contributed by atoms with Crippen molar-refractivity contribution in [2.75, 3.05) is 7.11 Å². The Balaban J connectivity index is 2.01. The second-order valence-electron chi connectivity index (χ2n) is 5.16.